The number of carbonyl (C=O) groups is 1. The lowest BCUT2D eigenvalue weighted by molar-refractivity contribution is -0.145. The second kappa shape index (κ2) is 5.23. The summed E-state index contributed by atoms with van der Waals surface area (Å²) in [5, 5.41) is 0. The van der Waals surface area contributed by atoms with Crippen LogP contribution >= 0.6 is 0 Å². The largest absolute Gasteiger partial charge is 0.482 e. The minimum absolute atomic E-state index is 0.0525. The molecule has 1 aromatic carbocycles. The third-order valence-electron chi connectivity index (χ3n) is 2.70. The second-order valence-electron chi connectivity index (χ2n) is 3.91. The predicted octanol–water partition coefficient (Wildman–Crippen LogP) is 0.987. The molecule has 0 saturated heterocycles. The normalized spacial score (nSPS) is 13.4. The topological polar surface area (TPSA) is 44.8 Å². The number of hydrogen-bond acceptors (Lipinski definition) is 4. The van der Waals surface area contributed by atoms with Crippen molar-refractivity contribution in [1.29, 1.82) is 0 Å². The van der Waals surface area contributed by atoms with Crippen LogP contribution in [0.1, 0.15) is 12.5 Å². The molecule has 1 heterocycles. The van der Waals surface area contributed by atoms with Gasteiger partial charge in [0.15, 0.2) is 6.61 Å². The quantitative estimate of drug-likeness (QED) is 0.575. The van der Waals surface area contributed by atoms with Gasteiger partial charge in [-0.1, -0.05) is 12.9 Å². The van der Waals surface area contributed by atoms with Crippen molar-refractivity contribution >= 4 is 18.3 Å². The third kappa shape index (κ3) is 2.80. The standard InChI is InChI=1S/C12H15BO4/c1-3-15-12(14)8-16-10-4-5-11-9(6-10)7-17-13(11)2/h4-6H,3,7-8H2,1-2H3. The van der Waals surface area contributed by atoms with Gasteiger partial charge in [-0.15, -0.1) is 0 Å². The minimum Gasteiger partial charge on any atom is -0.482 e. The molecule has 1 aliphatic heterocycles. The molecule has 0 N–H and O–H groups in total. The van der Waals surface area contributed by atoms with Gasteiger partial charge in [0.2, 0.25) is 0 Å². The average molecular weight is 234 g/mol. The summed E-state index contributed by atoms with van der Waals surface area (Å²) in [6.45, 7) is 4.86. The highest BCUT2D eigenvalue weighted by Crippen LogP contribution is 2.17. The van der Waals surface area contributed by atoms with Crippen molar-refractivity contribution in [2.24, 2.45) is 0 Å². The number of esters is 1. The van der Waals surface area contributed by atoms with E-state index in [1.54, 1.807) is 6.92 Å². The molecule has 0 aromatic heterocycles. The Kier molecular flexibility index (Phi) is 3.69. The number of hydrogen-bond donors (Lipinski definition) is 0. The van der Waals surface area contributed by atoms with Crippen LogP contribution in [0.5, 0.6) is 5.75 Å². The van der Waals surface area contributed by atoms with Gasteiger partial charge in [-0.05, 0) is 30.1 Å². The first-order chi connectivity index (χ1) is 8.20. The van der Waals surface area contributed by atoms with Crippen molar-refractivity contribution in [3.63, 3.8) is 0 Å². The molecular formula is C12H15BO4. The van der Waals surface area contributed by atoms with Crippen molar-refractivity contribution < 1.29 is 18.9 Å². The molecule has 17 heavy (non-hydrogen) atoms. The zero-order valence-electron chi connectivity index (χ0n) is 10.1. The van der Waals surface area contributed by atoms with Gasteiger partial charge >= 0.3 is 12.9 Å². The Morgan fingerprint density at radius 3 is 3.12 bits per heavy atom. The second-order valence-corrected chi connectivity index (χ2v) is 3.91. The molecule has 2 rings (SSSR count). The van der Waals surface area contributed by atoms with Gasteiger partial charge in [-0.25, -0.2) is 4.79 Å². The van der Waals surface area contributed by atoms with Crippen LogP contribution in [0.3, 0.4) is 0 Å². The molecule has 1 aromatic rings. The summed E-state index contributed by atoms with van der Waals surface area (Å²) in [5.74, 6) is 0.326. The summed E-state index contributed by atoms with van der Waals surface area (Å²) in [7, 11) is 0. The highest BCUT2D eigenvalue weighted by Gasteiger charge is 2.23. The summed E-state index contributed by atoms with van der Waals surface area (Å²) < 4.78 is 15.6. The van der Waals surface area contributed by atoms with E-state index in [0.717, 1.165) is 5.56 Å². The molecule has 0 unspecified atom stereocenters. The summed E-state index contributed by atoms with van der Waals surface area (Å²) >= 11 is 0. The Balaban J connectivity index is 1.97. The maximum Gasteiger partial charge on any atom is 0.344 e. The molecular weight excluding hydrogens is 219 g/mol. The lowest BCUT2D eigenvalue weighted by atomic mass is 9.64. The van der Waals surface area contributed by atoms with Gasteiger partial charge in [0.1, 0.15) is 5.75 Å². The molecule has 90 valence electrons. The lowest BCUT2D eigenvalue weighted by Crippen LogP contribution is -2.24. The van der Waals surface area contributed by atoms with E-state index >= 15 is 0 Å². The van der Waals surface area contributed by atoms with E-state index in [9.17, 15) is 4.79 Å². The summed E-state index contributed by atoms with van der Waals surface area (Å²) in [5.41, 5.74) is 2.31. The van der Waals surface area contributed by atoms with Gasteiger partial charge in [0.25, 0.3) is 0 Å². The van der Waals surface area contributed by atoms with Crippen LogP contribution in [-0.2, 0) is 20.8 Å². The van der Waals surface area contributed by atoms with E-state index in [1.807, 2.05) is 25.0 Å². The Bertz CT molecular complexity index is 419. The van der Waals surface area contributed by atoms with Crippen LogP contribution in [0.25, 0.3) is 0 Å². The minimum atomic E-state index is -0.349. The van der Waals surface area contributed by atoms with E-state index in [2.05, 4.69) is 0 Å². The van der Waals surface area contributed by atoms with Gasteiger partial charge in [-0.3, -0.25) is 0 Å². The predicted molar refractivity (Wildman–Crippen MR) is 64.6 cm³/mol. The fraction of sp³-hybridized carbons (Fsp3) is 0.417. The highest BCUT2D eigenvalue weighted by molar-refractivity contribution is 6.67. The summed E-state index contributed by atoms with van der Waals surface area (Å²) in [6, 6.07) is 5.74. The Morgan fingerprint density at radius 1 is 1.53 bits per heavy atom. The molecule has 4 nitrogen and oxygen atoms in total. The average Bonchev–Trinajstić information content (AvgIpc) is 2.69. The summed E-state index contributed by atoms with van der Waals surface area (Å²) in [4.78, 5) is 11.1. The highest BCUT2D eigenvalue weighted by atomic mass is 16.6. The van der Waals surface area contributed by atoms with Crippen LogP contribution < -0.4 is 10.2 Å². The van der Waals surface area contributed by atoms with E-state index in [-0.39, 0.29) is 19.5 Å². The smallest absolute Gasteiger partial charge is 0.344 e. The fourth-order valence-electron chi connectivity index (χ4n) is 1.84. The van der Waals surface area contributed by atoms with Crippen LogP contribution in [0, 0.1) is 0 Å². The molecule has 0 atom stereocenters. The maximum absolute atomic E-state index is 11.1. The first-order valence-corrected chi connectivity index (χ1v) is 5.73. The first-order valence-electron chi connectivity index (χ1n) is 5.73. The van der Waals surface area contributed by atoms with Gasteiger partial charge in [0.05, 0.1) is 13.2 Å². The lowest BCUT2D eigenvalue weighted by Gasteiger charge is -2.07. The number of benzene rings is 1. The van der Waals surface area contributed by atoms with E-state index in [1.165, 1.54) is 5.46 Å². The van der Waals surface area contributed by atoms with Crippen LogP contribution in [0.2, 0.25) is 6.82 Å². The molecule has 1 aliphatic rings. The zero-order chi connectivity index (χ0) is 12.3. The number of ether oxygens (including phenoxy) is 2. The third-order valence-corrected chi connectivity index (χ3v) is 2.70. The monoisotopic (exact) mass is 234 g/mol. The van der Waals surface area contributed by atoms with Crippen molar-refractivity contribution in [2.45, 2.75) is 20.4 Å². The van der Waals surface area contributed by atoms with Gasteiger partial charge in [-0.2, -0.15) is 0 Å². The number of carbonyl (C=O) groups excluding carboxylic acids is 1. The Morgan fingerprint density at radius 2 is 2.35 bits per heavy atom. The van der Waals surface area contributed by atoms with Crippen molar-refractivity contribution in [3.05, 3.63) is 23.8 Å². The molecule has 0 radical (unpaired) electrons. The van der Waals surface area contributed by atoms with Crippen LogP contribution in [-0.4, -0.2) is 26.1 Å². The molecule has 0 amide bonds. The van der Waals surface area contributed by atoms with Gasteiger partial charge in [0, 0.05) is 0 Å². The van der Waals surface area contributed by atoms with Crippen molar-refractivity contribution in [2.75, 3.05) is 13.2 Å². The zero-order valence-corrected chi connectivity index (χ0v) is 10.1. The number of rotatable bonds is 4. The molecule has 5 heteroatoms. The maximum atomic E-state index is 11.1. The summed E-state index contributed by atoms with van der Waals surface area (Å²) in [6.07, 6.45) is 0. The van der Waals surface area contributed by atoms with Crippen LogP contribution in [0.4, 0.5) is 0 Å². The van der Waals surface area contributed by atoms with E-state index in [4.69, 9.17) is 14.1 Å². The molecule has 0 bridgehead atoms. The Labute approximate surface area is 101 Å². The number of fused-ring (bicyclic) bond motifs is 1. The SMILES string of the molecule is CCOC(=O)COc1ccc2c(c1)COB2C. The van der Waals surface area contributed by atoms with Crippen molar-refractivity contribution in [3.8, 4) is 5.75 Å². The molecule has 0 aliphatic carbocycles. The van der Waals surface area contributed by atoms with E-state index < -0.39 is 0 Å². The first kappa shape index (κ1) is 12.0. The fourth-order valence-corrected chi connectivity index (χ4v) is 1.84. The van der Waals surface area contributed by atoms with E-state index in [0.29, 0.717) is 19.0 Å². The Hall–Kier alpha value is -1.49. The molecule has 0 fully saturated rings. The molecule has 0 spiro atoms. The van der Waals surface area contributed by atoms with Crippen LogP contribution in [0.15, 0.2) is 18.2 Å². The molecule has 0 saturated carbocycles. The van der Waals surface area contributed by atoms with Crippen molar-refractivity contribution in [1.82, 2.24) is 0 Å². The van der Waals surface area contributed by atoms with Gasteiger partial charge < -0.3 is 14.1 Å².